The van der Waals surface area contributed by atoms with Crippen molar-refractivity contribution in [1.82, 2.24) is 0 Å². The molecule has 0 aliphatic carbocycles. The van der Waals surface area contributed by atoms with E-state index >= 15 is 0 Å². The van der Waals surface area contributed by atoms with Crippen LogP contribution in [0.1, 0.15) is 20.3 Å². The molecule has 3 nitrogen and oxygen atoms in total. The number of carbonyl (C=O) groups excluding carboxylic acids is 1. The van der Waals surface area contributed by atoms with Crippen LogP contribution in [-0.2, 0) is 4.79 Å². The highest BCUT2D eigenvalue weighted by Crippen LogP contribution is 2.25. The Hall–Kier alpha value is -2.29. The maximum absolute atomic E-state index is 12.8. The molecule has 0 aliphatic heterocycles. The van der Waals surface area contributed by atoms with Gasteiger partial charge in [-0.3, -0.25) is 4.79 Å². The average molecular weight is 283 g/mol. The van der Waals surface area contributed by atoms with Crippen LogP contribution in [0, 0.1) is 0 Å². The summed E-state index contributed by atoms with van der Waals surface area (Å²) >= 11 is 0. The summed E-state index contributed by atoms with van der Waals surface area (Å²) in [5.74, 6) is 0.650. The molecule has 110 valence electrons. The summed E-state index contributed by atoms with van der Waals surface area (Å²) in [5.41, 5.74) is -0.0230. The second kappa shape index (κ2) is 6.44. The maximum Gasteiger partial charge on any atom is 0.270 e. The summed E-state index contributed by atoms with van der Waals surface area (Å²) in [6, 6.07) is 19.0. The monoisotopic (exact) mass is 283 g/mol. The van der Waals surface area contributed by atoms with Crippen LogP contribution in [0.25, 0.3) is 0 Å². The predicted octanol–water partition coefficient (Wildman–Crippen LogP) is 3.90. The Morgan fingerprint density at radius 2 is 1.57 bits per heavy atom. The first-order valence-corrected chi connectivity index (χ1v) is 7.14. The zero-order valence-corrected chi connectivity index (χ0v) is 12.7. The van der Waals surface area contributed by atoms with Crippen LogP contribution in [0.3, 0.4) is 0 Å². The van der Waals surface area contributed by atoms with Gasteiger partial charge in [0.1, 0.15) is 5.75 Å². The van der Waals surface area contributed by atoms with Gasteiger partial charge in [-0.05, 0) is 37.6 Å². The highest BCUT2D eigenvalue weighted by Gasteiger charge is 2.36. The number of nitrogens with zero attached hydrogens (tertiary/aromatic N) is 1. The van der Waals surface area contributed by atoms with E-state index in [2.05, 4.69) is 0 Å². The Labute approximate surface area is 126 Å². The molecule has 0 radical (unpaired) electrons. The minimum Gasteiger partial charge on any atom is -0.478 e. The number of anilines is 1. The third kappa shape index (κ3) is 3.43. The summed E-state index contributed by atoms with van der Waals surface area (Å²) in [7, 11) is 1.78. The van der Waals surface area contributed by atoms with Crippen molar-refractivity contribution in [2.24, 2.45) is 0 Å². The number of para-hydroxylation sites is 2. The SMILES string of the molecule is CCC(C)(Oc1ccccc1)C(=O)N(C)c1ccccc1. The third-order valence-electron chi connectivity index (χ3n) is 3.66. The minimum absolute atomic E-state index is 0.0555. The quantitative estimate of drug-likeness (QED) is 0.833. The predicted molar refractivity (Wildman–Crippen MR) is 85.6 cm³/mol. The van der Waals surface area contributed by atoms with Crippen LogP contribution in [0.5, 0.6) is 5.75 Å². The van der Waals surface area contributed by atoms with Gasteiger partial charge < -0.3 is 9.64 Å². The van der Waals surface area contributed by atoms with Crippen LogP contribution in [-0.4, -0.2) is 18.6 Å². The van der Waals surface area contributed by atoms with Crippen molar-refractivity contribution in [2.75, 3.05) is 11.9 Å². The first-order chi connectivity index (χ1) is 10.1. The molecule has 0 saturated heterocycles. The molecule has 2 aromatic carbocycles. The summed E-state index contributed by atoms with van der Waals surface area (Å²) < 4.78 is 5.96. The molecule has 1 atom stereocenters. The largest absolute Gasteiger partial charge is 0.478 e. The van der Waals surface area contributed by atoms with Crippen molar-refractivity contribution in [3.05, 3.63) is 60.7 Å². The average Bonchev–Trinajstić information content (AvgIpc) is 2.55. The van der Waals surface area contributed by atoms with Gasteiger partial charge in [-0.15, -0.1) is 0 Å². The lowest BCUT2D eigenvalue weighted by atomic mass is 10.0. The summed E-state index contributed by atoms with van der Waals surface area (Å²) in [4.78, 5) is 14.4. The van der Waals surface area contributed by atoms with Gasteiger partial charge in [0.15, 0.2) is 5.60 Å². The molecular weight excluding hydrogens is 262 g/mol. The first-order valence-electron chi connectivity index (χ1n) is 7.14. The number of ether oxygens (including phenoxy) is 1. The Morgan fingerprint density at radius 1 is 1.05 bits per heavy atom. The molecule has 1 amide bonds. The molecule has 0 heterocycles. The van der Waals surface area contributed by atoms with Gasteiger partial charge in [-0.25, -0.2) is 0 Å². The van der Waals surface area contributed by atoms with Gasteiger partial charge in [0.2, 0.25) is 0 Å². The normalized spacial score (nSPS) is 13.3. The van der Waals surface area contributed by atoms with Crippen molar-refractivity contribution < 1.29 is 9.53 Å². The van der Waals surface area contributed by atoms with Crippen LogP contribution in [0.15, 0.2) is 60.7 Å². The van der Waals surface area contributed by atoms with E-state index in [4.69, 9.17) is 4.74 Å². The Bertz CT molecular complexity index is 583. The van der Waals surface area contributed by atoms with Gasteiger partial charge in [0, 0.05) is 12.7 Å². The molecule has 3 heteroatoms. The number of hydrogen-bond donors (Lipinski definition) is 0. The molecule has 0 fully saturated rings. The van der Waals surface area contributed by atoms with Crippen LogP contribution >= 0.6 is 0 Å². The lowest BCUT2D eigenvalue weighted by molar-refractivity contribution is -0.132. The van der Waals surface area contributed by atoms with Gasteiger partial charge in [0.25, 0.3) is 5.91 Å². The molecule has 2 rings (SSSR count). The molecule has 2 aromatic rings. The number of amides is 1. The first kappa shape index (κ1) is 15.1. The van der Waals surface area contributed by atoms with E-state index in [0.717, 1.165) is 5.69 Å². The Kier molecular flexibility index (Phi) is 4.63. The standard InChI is InChI=1S/C18H21NO2/c1-4-18(2,21-16-13-9-6-10-14-16)17(20)19(3)15-11-7-5-8-12-15/h5-14H,4H2,1-3H3. The van der Waals surface area contributed by atoms with Crippen molar-refractivity contribution in [2.45, 2.75) is 25.9 Å². The van der Waals surface area contributed by atoms with Crippen LogP contribution in [0.2, 0.25) is 0 Å². The fraction of sp³-hybridized carbons (Fsp3) is 0.278. The number of hydrogen-bond acceptors (Lipinski definition) is 2. The molecule has 0 spiro atoms. The number of carbonyl (C=O) groups is 1. The van der Waals surface area contributed by atoms with Gasteiger partial charge in [0.05, 0.1) is 0 Å². The number of likely N-dealkylation sites (N-methyl/N-ethyl adjacent to an activating group) is 1. The van der Waals surface area contributed by atoms with Crippen molar-refractivity contribution >= 4 is 11.6 Å². The van der Waals surface area contributed by atoms with E-state index in [1.54, 1.807) is 11.9 Å². The summed E-state index contributed by atoms with van der Waals surface area (Å²) in [5, 5.41) is 0. The zero-order chi connectivity index (χ0) is 15.3. The molecule has 1 unspecified atom stereocenters. The molecule has 0 N–H and O–H groups in total. The van der Waals surface area contributed by atoms with Gasteiger partial charge >= 0.3 is 0 Å². The van der Waals surface area contributed by atoms with E-state index in [0.29, 0.717) is 12.2 Å². The van der Waals surface area contributed by atoms with E-state index in [9.17, 15) is 4.79 Å². The van der Waals surface area contributed by atoms with E-state index < -0.39 is 5.60 Å². The van der Waals surface area contributed by atoms with Crippen molar-refractivity contribution in [3.8, 4) is 5.75 Å². The summed E-state index contributed by atoms with van der Waals surface area (Å²) in [6.07, 6.45) is 0.595. The maximum atomic E-state index is 12.8. The molecule has 0 aliphatic rings. The number of rotatable bonds is 5. The molecule has 21 heavy (non-hydrogen) atoms. The van der Waals surface area contributed by atoms with Crippen LogP contribution < -0.4 is 9.64 Å². The highest BCUT2D eigenvalue weighted by atomic mass is 16.5. The minimum atomic E-state index is -0.883. The Balaban J connectivity index is 2.21. The van der Waals surface area contributed by atoms with Crippen molar-refractivity contribution in [1.29, 1.82) is 0 Å². The smallest absolute Gasteiger partial charge is 0.270 e. The molecule has 0 aromatic heterocycles. The van der Waals surface area contributed by atoms with Gasteiger partial charge in [-0.2, -0.15) is 0 Å². The molecule has 0 saturated carbocycles. The molecular formula is C18H21NO2. The molecule has 0 bridgehead atoms. The third-order valence-corrected chi connectivity index (χ3v) is 3.66. The fourth-order valence-corrected chi connectivity index (χ4v) is 2.14. The van der Waals surface area contributed by atoms with E-state index in [-0.39, 0.29) is 5.91 Å². The Morgan fingerprint density at radius 3 is 2.10 bits per heavy atom. The zero-order valence-electron chi connectivity index (χ0n) is 12.7. The second-order valence-corrected chi connectivity index (χ2v) is 5.20. The topological polar surface area (TPSA) is 29.5 Å². The second-order valence-electron chi connectivity index (χ2n) is 5.20. The lowest BCUT2D eigenvalue weighted by Crippen LogP contribution is -2.49. The fourth-order valence-electron chi connectivity index (χ4n) is 2.14. The number of benzene rings is 2. The van der Waals surface area contributed by atoms with Crippen LogP contribution in [0.4, 0.5) is 5.69 Å². The van der Waals surface area contributed by atoms with E-state index in [1.165, 1.54) is 0 Å². The highest BCUT2D eigenvalue weighted by molar-refractivity contribution is 5.99. The van der Waals surface area contributed by atoms with E-state index in [1.807, 2.05) is 74.5 Å². The summed E-state index contributed by atoms with van der Waals surface area (Å²) in [6.45, 7) is 3.79. The lowest BCUT2D eigenvalue weighted by Gasteiger charge is -2.32. The van der Waals surface area contributed by atoms with Crippen molar-refractivity contribution in [3.63, 3.8) is 0 Å². The van der Waals surface area contributed by atoms with Gasteiger partial charge in [-0.1, -0.05) is 43.3 Å².